The van der Waals surface area contributed by atoms with Crippen molar-refractivity contribution in [2.45, 2.75) is 6.92 Å². The quantitative estimate of drug-likeness (QED) is 0.735. The predicted octanol–water partition coefficient (Wildman–Crippen LogP) is 2.57. The van der Waals surface area contributed by atoms with Crippen molar-refractivity contribution in [1.82, 2.24) is 14.8 Å². The number of aromatic nitrogens is 3. The zero-order valence-corrected chi connectivity index (χ0v) is 9.19. The second-order valence-corrected chi connectivity index (χ2v) is 3.61. The lowest BCUT2D eigenvalue weighted by atomic mass is 10.3. The zero-order valence-electron chi connectivity index (χ0n) is 8.44. The monoisotopic (exact) mass is 223 g/mol. The van der Waals surface area contributed by atoms with Gasteiger partial charge >= 0.3 is 0 Å². The first-order valence-electron chi connectivity index (χ1n) is 4.44. The maximum absolute atomic E-state index is 5.78. The SMILES string of the molecule is Cc1cnc(Cl)cc1Oc1cnn(C)c1. The molecule has 2 aromatic heterocycles. The van der Waals surface area contributed by atoms with Gasteiger partial charge in [-0.25, -0.2) is 4.98 Å². The third-order valence-electron chi connectivity index (χ3n) is 1.93. The first kappa shape index (κ1) is 9.98. The van der Waals surface area contributed by atoms with Gasteiger partial charge in [-0.05, 0) is 6.92 Å². The number of rotatable bonds is 2. The molecule has 0 saturated carbocycles. The van der Waals surface area contributed by atoms with Gasteiger partial charge in [-0.3, -0.25) is 4.68 Å². The highest BCUT2D eigenvalue weighted by atomic mass is 35.5. The minimum absolute atomic E-state index is 0.416. The van der Waals surface area contributed by atoms with Crippen molar-refractivity contribution >= 4 is 11.6 Å². The van der Waals surface area contributed by atoms with Crippen LogP contribution >= 0.6 is 11.6 Å². The fourth-order valence-corrected chi connectivity index (χ4v) is 1.32. The lowest BCUT2D eigenvalue weighted by Gasteiger charge is -2.05. The minimum Gasteiger partial charge on any atom is -0.454 e. The van der Waals surface area contributed by atoms with Gasteiger partial charge in [-0.2, -0.15) is 5.10 Å². The van der Waals surface area contributed by atoms with Gasteiger partial charge in [0.25, 0.3) is 0 Å². The molecule has 15 heavy (non-hydrogen) atoms. The van der Waals surface area contributed by atoms with Crippen molar-refractivity contribution in [1.29, 1.82) is 0 Å². The summed E-state index contributed by atoms with van der Waals surface area (Å²) < 4.78 is 7.28. The first-order valence-corrected chi connectivity index (χ1v) is 4.81. The summed E-state index contributed by atoms with van der Waals surface area (Å²) in [6.07, 6.45) is 5.11. The van der Waals surface area contributed by atoms with E-state index in [9.17, 15) is 0 Å². The van der Waals surface area contributed by atoms with Gasteiger partial charge in [0.05, 0.1) is 12.4 Å². The number of hydrogen-bond acceptors (Lipinski definition) is 3. The number of halogens is 1. The van der Waals surface area contributed by atoms with Crippen LogP contribution in [0.2, 0.25) is 5.15 Å². The molecule has 0 fully saturated rings. The fourth-order valence-electron chi connectivity index (χ4n) is 1.17. The molecule has 0 aliphatic carbocycles. The van der Waals surface area contributed by atoms with Crippen LogP contribution in [0.25, 0.3) is 0 Å². The van der Waals surface area contributed by atoms with E-state index in [1.165, 1.54) is 0 Å². The van der Waals surface area contributed by atoms with Gasteiger partial charge in [0.15, 0.2) is 5.75 Å². The van der Waals surface area contributed by atoms with Gasteiger partial charge in [0, 0.05) is 24.9 Å². The molecule has 0 aromatic carbocycles. The van der Waals surface area contributed by atoms with Crippen LogP contribution in [0.1, 0.15) is 5.56 Å². The number of hydrogen-bond donors (Lipinski definition) is 0. The van der Waals surface area contributed by atoms with Crippen LogP contribution in [-0.4, -0.2) is 14.8 Å². The summed E-state index contributed by atoms with van der Waals surface area (Å²) in [5, 5.41) is 4.42. The van der Waals surface area contributed by atoms with Crippen LogP contribution in [0.15, 0.2) is 24.7 Å². The molecule has 0 atom stereocenters. The highest BCUT2D eigenvalue weighted by molar-refractivity contribution is 6.29. The molecule has 0 N–H and O–H groups in total. The Balaban J connectivity index is 2.27. The van der Waals surface area contributed by atoms with E-state index in [1.807, 2.05) is 14.0 Å². The Bertz CT molecular complexity index is 481. The van der Waals surface area contributed by atoms with Crippen molar-refractivity contribution in [3.05, 3.63) is 35.4 Å². The summed E-state index contributed by atoms with van der Waals surface area (Å²) in [5.74, 6) is 1.38. The van der Waals surface area contributed by atoms with Crippen LogP contribution in [-0.2, 0) is 7.05 Å². The normalized spacial score (nSPS) is 10.3. The molecule has 0 aliphatic heterocycles. The topological polar surface area (TPSA) is 39.9 Å². The largest absolute Gasteiger partial charge is 0.454 e. The number of pyridine rings is 1. The van der Waals surface area contributed by atoms with Crippen molar-refractivity contribution in [2.24, 2.45) is 7.05 Å². The van der Waals surface area contributed by atoms with Gasteiger partial charge in [0.2, 0.25) is 0 Å². The van der Waals surface area contributed by atoms with E-state index >= 15 is 0 Å². The van der Waals surface area contributed by atoms with Gasteiger partial charge in [0.1, 0.15) is 10.9 Å². The molecule has 0 unspecified atom stereocenters. The predicted molar refractivity (Wildman–Crippen MR) is 57.3 cm³/mol. The fraction of sp³-hybridized carbons (Fsp3) is 0.200. The summed E-state index contributed by atoms with van der Waals surface area (Å²) in [7, 11) is 1.83. The summed E-state index contributed by atoms with van der Waals surface area (Å²) in [6, 6.07) is 1.68. The summed E-state index contributed by atoms with van der Waals surface area (Å²) in [5.41, 5.74) is 0.934. The Morgan fingerprint density at radius 2 is 2.20 bits per heavy atom. The maximum atomic E-state index is 5.78. The molecule has 78 valence electrons. The highest BCUT2D eigenvalue weighted by Gasteiger charge is 2.04. The Hall–Kier alpha value is -1.55. The first-order chi connectivity index (χ1) is 7.15. The van der Waals surface area contributed by atoms with E-state index in [2.05, 4.69) is 10.1 Å². The summed E-state index contributed by atoms with van der Waals surface area (Å²) in [6.45, 7) is 1.91. The van der Waals surface area contributed by atoms with Crippen LogP contribution < -0.4 is 4.74 Å². The lowest BCUT2D eigenvalue weighted by molar-refractivity contribution is 0.477. The Kier molecular flexibility index (Phi) is 2.60. The smallest absolute Gasteiger partial charge is 0.165 e. The van der Waals surface area contributed by atoms with Crippen molar-refractivity contribution < 1.29 is 4.74 Å². The van der Waals surface area contributed by atoms with Crippen molar-refractivity contribution in [2.75, 3.05) is 0 Å². The van der Waals surface area contributed by atoms with Crippen LogP contribution in [0.4, 0.5) is 0 Å². The molecule has 0 spiro atoms. The molecule has 2 heterocycles. The number of nitrogens with zero attached hydrogens (tertiary/aromatic N) is 3. The van der Waals surface area contributed by atoms with Gasteiger partial charge < -0.3 is 4.74 Å². The van der Waals surface area contributed by atoms with Crippen LogP contribution in [0, 0.1) is 6.92 Å². The van der Waals surface area contributed by atoms with E-state index in [4.69, 9.17) is 16.3 Å². The standard InChI is InChI=1S/C10H10ClN3O/c1-7-4-12-10(11)3-9(7)15-8-5-13-14(2)6-8/h3-6H,1-2H3. The third-order valence-corrected chi connectivity index (χ3v) is 2.14. The average Bonchev–Trinajstić information content (AvgIpc) is 2.58. The molecule has 5 heteroatoms. The molecule has 0 amide bonds. The van der Waals surface area contributed by atoms with Crippen molar-refractivity contribution in [3.8, 4) is 11.5 Å². The van der Waals surface area contributed by atoms with E-state index in [-0.39, 0.29) is 0 Å². The second-order valence-electron chi connectivity index (χ2n) is 3.22. The molecule has 0 saturated heterocycles. The number of aryl methyl sites for hydroxylation is 2. The lowest BCUT2D eigenvalue weighted by Crippen LogP contribution is -1.88. The molecule has 2 rings (SSSR count). The van der Waals surface area contributed by atoms with Crippen LogP contribution in [0.5, 0.6) is 11.5 Å². The molecular formula is C10H10ClN3O. The molecule has 0 aliphatic rings. The Labute approximate surface area is 92.5 Å². The number of ether oxygens (including phenoxy) is 1. The molecule has 4 nitrogen and oxygen atoms in total. The van der Waals surface area contributed by atoms with E-state index in [0.29, 0.717) is 16.7 Å². The van der Waals surface area contributed by atoms with Gasteiger partial charge in [-0.1, -0.05) is 11.6 Å². The maximum Gasteiger partial charge on any atom is 0.165 e. The van der Waals surface area contributed by atoms with Gasteiger partial charge in [-0.15, -0.1) is 0 Å². The summed E-state index contributed by atoms with van der Waals surface area (Å²) >= 11 is 5.78. The third kappa shape index (κ3) is 2.27. The van der Waals surface area contributed by atoms with E-state index < -0.39 is 0 Å². The minimum atomic E-state index is 0.416. The molecule has 2 aromatic rings. The van der Waals surface area contributed by atoms with E-state index in [0.717, 1.165) is 5.56 Å². The van der Waals surface area contributed by atoms with Crippen molar-refractivity contribution in [3.63, 3.8) is 0 Å². The molecule has 0 bridgehead atoms. The second kappa shape index (κ2) is 3.90. The Morgan fingerprint density at radius 1 is 1.40 bits per heavy atom. The molecule has 0 radical (unpaired) electrons. The average molecular weight is 224 g/mol. The van der Waals surface area contributed by atoms with Crippen LogP contribution in [0.3, 0.4) is 0 Å². The van der Waals surface area contributed by atoms with E-state index in [1.54, 1.807) is 29.3 Å². The molecular weight excluding hydrogens is 214 g/mol. The summed E-state index contributed by atoms with van der Waals surface area (Å²) in [4.78, 5) is 3.95. The highest BCUT2D eigenvalue weighted by Crippen LogP contribution is 2.25. The Morgan fingerprint density at radius 3 is 2.87 bits per heavy atom. The zero-order chi connectivity index (χ0) is 10.8.